The summed E-state index contributed by atoms with van der Waals surface area (Å²) >= 11 is 0. The summed E-state index contributed by atoms with van der Waals surface area (Å²) in [7, 11) is 2.05. The van der Waals surface area contributed by atoms with Crippen molar-refractivity contribution in [1.82, 2.24) is 15.0 Å². The maximum Gasteiger partial charge on any atom is 0.133 e. The summed E-state index contributed by atoms with van der Waals surface area (Å²) in [5, 5.41) is 3.34. The molecule has 3 aromatic rings. The third-order valence-electron chi connectivity index (χ3n) is 3.85. The molecule has 2 aromatic heterocycles. The summed E-state index contributed by atoms with van der Waals surface area (Å²) < 4.78 is 0. The van der Waals surface area contributed by atoms with Gasteiger partial charge < -0.3 is 10.2 Å². The Morgan fingerprint density at radius 2 is 1.75 bits per heavy atom. The molecule has 0 aliphatic rings. The SMILES string of the molecule is CN(CCc1ccncc1)c1cc(NCc2ccccc2)ncn1. The van der Waals surface area contributed by atoms with E-state index in [4.69, 9.17) is 0 Å². The maximum absolute atomic E-state index is 4.37. The van der Waals surface area contributed by atoms with Crippen LogP contribution in [0.15, 0.2) is 67.3 Å². The lowest BCUT2D eigenvalue weighted by atomic mass is 10.2. The number of pyridine rings is 1. The lowest BCUT2D eigenvalue weighted by Gasteiger charge is -2.18. The van der Waals surface area contributed by atoms with E-state index in [9.17, 15) is 0 Å². The van der Waals surface area contributed by atoms with Crippen molar-refractivity contribution in [2.45, 2.75) is 13.0 Å². The lowest BCUT2D eigenvalue weighted by Crippen LogP contribution is -2.21. The van der Waals surface area contributed by atoms with Crippen LogP contribution >= 0.6 is 0 Å². The molecule has 0 spiro atoms. The Morgan fingerprint density at radius 3 is 2.54 bits per heavy atom. The van der Waals surface area contributed by atoms with Gasteiger partial charge in [-0.25, -0.2) is 9.97 Å². The molecule has 1 N–H and O–H groups in total. The average Bonchev–Trinajstić information content (AvgIpc) is 2.66. The van der Waals surface area contributed by atoms with Crippen molar-refractivity contribution in [3.63, 3.8) is 0 Å². The zero-order valence-corrected chi connectivity index (χ0v) is 13.8. The molecular formula is C19H21N5. The predicted octanol–water partition coefficient (Wildman–Crippen LogP) is 3.16. The highest BCUT2D eigenvalue weighted by Gasteiger charge is 2.05. The molecule has 0 radical (unpaired) electrons. The molecule has 0 bridgehead atoms. The van der Waals surface area contributed by atoms with Crippen molar-refractivity contribution in [2.24, 2.45) is 0 Å². The van der Waals surface area contributed by atoms with Crippen LogP contribution in [0.5, 0.6) is 0 Å². The molecule has 3 rings (SSSR count). The molecule has 1 aromatic carbocycles. The average molecular weight is 319 g/mol. The number of aromatic nitrogens is 3. The minimum Gasteiger partial charge on any atom is -0.366 e. The Kier molecular flexibility index (Phi) is 5.35. The van der Waals surface area contributed by atoms with Gasteiger partial charge >= 0.3 is 0 Å². The van der Waals surface area contributed by atoms with Gasteiger partial charge in [0.05, 0.1) is 0 Å². The first-order chi connectivity index (χ1) is 11.8. The van der Waals surface area contributed by atoms with Gasteiger partial charge in [0.15, 0.2) is 0 Å². The third kappa shape index (κ3) is 4.52. The molecule has 24 heavy (non-hydrogen) atoms. The number of nitrogens with zero attached hydrogens (tertiary/aromatic N) is 4. The van der Waals surface area contributed by atoms with E-state index in [1.165, 1.54) is 11.1 Å². The predicted molar refractivity (Wildman–Crippen MR) is 97.0 cm³/mol. The van der Waals surface area contributed by atoms with Crippen LogP contribution < -0.4 is 10.2 Å². The van der Waals surface area contributed by atoms with E-state index < -0.39 is 0 Å². The van der Waals surface area contributed by atoms with E-state index in [0.29, 0.717) is 0 Å². The van der Waals surface area contributed by atoms with Gasteiger partial charge in [0, 0.05) is 38.6 Å². The van der Waals surface area contributed by atoms with Crippen LogP contribution in [0.25, 0.3) is 0 Å². The lowest BCUT2D eigenvalue weighted by molar-refractivity contribution is 0.854. The van der Waals surface area contributed by atoms with Gasteiger partial charge in [0.25, 0.3) is 0 Å². The standard InChI is InChI=1S/C19H21N5/c1-24(12-9-16-7-10-20-11-8-16)19-13-18(22-15-23-19)21-14-17-5-3-2-4-6-17/h2-8,10-11,13,15H,9,12,14H2,1H3,(H,21,22,23). The van der Waals surface area contributed by atoms with Crippen LogP contribution in [0.1, 0.15) is 11.1 Å². The van der Waals surface area contributed by atoms with E-state index in [2.05, 4.69) is 37.3 Å². The smallest absolute Gasteiger partial charge is 0.133 e. The summed E-state index contributed by atoms with van der Waals surface area (Å²) in [6, 6.07) is 16.3. The molecule has 0 aliphatic heterocycles. The van der Waals surface area contributed by atoms with Crippen LogP contribution in [0.3, 0.4) is 0 Å². The highest BCUT2D eigenvalue weighted by molar-refractivity contribution is 5.48. The van der Waals surface area contributed by atoms with Gasteiger partial charge in [-0.2, -0.15) is 0 Å². The zero-order chi connectivity index (χ0) is 16.6. The quantitative estimate of drug-likeness (QED) is 0.725. The second-order valence-corrected chi connectivity index (χ2v) is 5.63. The molecule has 0 atom stereocenters. The maximum atomic E-state index is 4.37. The molecule has 5 nitrogen and oxygen atoms in total. The Labute approximate surface area is 142 Å². The third-order valence-corrected chi connectivity index (χ3v) is 3.85. The molecule has 5 heteroatoms. The monoisotopic (exact) mass is 319 g/mol. The normalized spacial score (nSPS) is 10.4. The summed E-state index contributed by atoms with van der Waals surface area (Å²) in [4.78, 5) is 14.8. The van der Waals surface area contributed by atoms with Crippen LogP contribution in [0.2, 0.25) is 0 Å². The number of anilines is 2. The van der Waals surface area contributed by atoms with Crippen molar-refractivity contribution in [1.29, 1.82) is 0 Å². The minimum atomic E-state index is 0.748. The molecule has 0 aliphatic carbocycles. The van der Waals surface area contributed by atoms with E-state index >= 15 is 0 Å². The first-order valence-corrected chi connectivity index (χ1v) is 8.01. The first-order valence-electron chi connectivity index (χ1n) is 8.01. The fourth-order valence-electron chi connectivity index (χ4n) is 2.40. The summed E-state index contributed by atoms with van der Waals surface area (Å²) in [5.74, 6) is 1.74. The summed E-state index contributed by atoms with van der Waals surface area (Å²) in [6.07, 6.45) is 6.21. The van der Waals surface area contributed by atoms with Gasteiger partial charge in [-0.3, -0.25) is 4.98 Å². The van der Waals surface area contributed by atoms with Crippen molar-refractivity contribution < 1.29 is 0 Å². The van der Waals surface area contributed by atoms with Crippen molar-refractivity contribution in [3.05, 3.63) is 78.4 Å². The second-order valence-electron chi connectivity index (χ2n) is 5.63. The molecule has 0 unspecified atom stereocenters. The number of hydrogen-bond acceptors (Lipinski definition) is 5. The molecule has 0 amide bonds. The number of benzene rings is 1. The van der Waals surface area contributed by atoms with Gasteiger partial charge in [-0.05, 0) is 29.7 Å². The van der Waals surface area contributed by atoms with Crippen molar-refractivity contribution >= 4 is 11.6 Å². The summed E-state index contributed by atoms with van der Waals surface area (Å²) in [6.45, 7) is 1.64. The van der Waals surface area contributed by atoms with Gasteiger partial charge in [-0.15, -0.1) is 0 Å². The van der Waals surface area contributed by atoms with Crippen LogP contribution in [-0.4, -0.2) is 28.5 Å². The highest BCUT2D eigenvalue weighted by atomic mass is 15.2. The van der Waals surface area contributed by atoms with Crippen LogP contribution in [-0.2, 0) is 13.0 Å². The fraction of sp³-hybridized carbons (Fsp3) is 0.211. The number of rotatable bonds is 7. The Hall–Kier alpha value is -2.95. The van der Waals surface area contributed by atoms with Gasteiger partial charge in [0.1, 0.15) is 18.0 Å². The molecule has 0 saturated heterocycles. The van der Waals surface area contributed by atoms with E-state index in [-0.39, 0.29) is 0 Å². The van der Waals surface area contributed by atoms with E-state index in [1.54, 1.807) is 6.33 Å². The number of hydrogen-bond donors (Lipinski definition) is 1. The summed E-state index contributed by atoms with van der Waals surface area (Å²) in [5.41, 5.74) is 2.50. The highest BCUT2D eigenvalue weighted by Crippen LogP contribution is 2.14. The number of nitrogens with one attached hydrogen (secondary N) is 1. The van der Waals surface area contributed by atoms with Crippen LogP contribution in [0.4, 0.5) is 11.6 Å². The van der Waals surface area contributed by atoms with Gasteiger partial charge in [0.2, 0.25) is 0 Å². The first kappa shape index (κ1) is 15.9. The van der Waals surface area contributed by atoms with E-state index in [1.807, 2.05) is 55.8 Å². The number of likely N-dealkylation sites (N-methyl/N-ethyl adjacent to an activating group) is 1. The Morgan fingerprint density at radius 1 is 0.958 bits per heavy atom. The topological polar surface area (TPSA) is 53.9 Å². The van der Waals surface area contributed by atoms with E-state index in [0.717, 1.165) is 31.1 Å². The Balaban J connectivity index is 1.57. The Bertz CT molecular complexity index is 746. The molecule has 122 valence electrons. The van der Waals surface area contributed by atoms with Gasteiger partial charge in [-0.1, -0.05) is 30.3 Å². The molecular weight excluding hydrogens is 298 g/mol. The molecule has 2 heterocycles. The van der Waals surface area contributed by atoms with Crippen molar-refractivity contribution in [3.8, 4) is 0 Å². The zero-order valence-electron chi connectivity index (χ0n) is 13.8. The minimum absolute atomic E-state index is 0.748. The fourth-order valence-corrected chi connectivity index (χ4v) is 2.40. The second kappa shape index (κ2) is 8.06. The molecule has 0 fully saturated rings. The van der Waals surface area contributed by atoms with Crippen LogP contribution in [0, 0.1) is 0 Å². The van der Waals surface area contributed by atoms with Crippen molar-refractivity contribution in [2.75, 3.05) is 23.8 Å². The largest absolute Gasteiger partial charge is 0.366 e. The molecule has 0 saturated carbocycles.